The normalized spacial score (nSPS) is 19.0. The van der Waals surface area contributed by atoms with E-state index in [9.17, 15) is 0 Å². The Morgan fingerprint density at radius 1 is 1.39 bits per heavy atom. The van der Waals surface area contributed by atoms with Gasteiger partial charge < -0.3 is 10.2 Å². The van der Waals surface area contributed by atoms with E-state index < -0.39 is 0 Å². The van der Waals surface area contributed by atoms with Crippen molar-refractivity contribution >= 4 is 44.2 Å². The summed E-state index contributed by atoms with van der Waals surface area (Å²) in [6, 6.07) is 6.60. The lowest BCUT2D eigenvalue weighted by molar-refractivity contribution is 0.277. The molecule has 0 bridgehead atoms. The van der Waals surface area contributed by atoms with Crippen LogP contribution in [0.3, 0.4) is 0 Å². The Balaban J connectivity index is 2.23. The average Bonchev–Trinajstić information content (AvgIpc) is 2.38. The van der Waals surface area contributed by atoms with Crippen molar-refractivity contribution in [1.29, 1.82) is 0 Å². The number of hydrogen-bond donors (Lipinski definition) is 1. The van der Waals surface area contributed by atoms with Crippen molar-refractivity contribution in [3.63, 3.8) is 0 Å². The Morgan fingerprint density at radius 3 is 2.72 bits per heavy atom. The van der Waals surface area contributed by atoms with Crippen molar-refractivity contribution in [3.05, 3.63) is 26.2 Å². The monoisotopic (exact) mass is 422 g/mol. The molecule has 2 rings (SSSR count). The molecule has 2 nitrogen and oxygen atoms in total. The van der Waals surface area contributed by atoms with Crippen molar-refractivity contribution in [2.24, 2.45) is 0 Å². The first-order valence-corrected chi connectivity index (χ1v) is 8.42. The van der Waals surface area contributed by atoms with Gasteiger partial charge in [0.25, 0.3) is 0 Å². The number of nitrogens with zero attached hydrogens (tertiary/aromatic N) is 1. The first kappa shape index (κ1) is 14.6. The maximum Gasteiger partial charge on any atom is 0.0512 e. The smallest absolute Gasteiger partial charge is 0.0512 e. The summed E-state index contributed by atoms with van der Waals surface area (Å²) in [6.45, 7) is 7.81. The summed E-state index contributed by atoms with van der Waals surface area (Å²) >= 11 is 6.05. The molecule has 1 aliphatic rings. The highest BCUT2D eigenvalue weighted by atomic mass is 127. The third kappa shape index (κ3) is 3.02. The van der Waals surface area contributed by atoms with Gasteiger partial charge >= 0.3 is 0 Å². The van der Waals surface area contributed by atoms with E-state index in [1.54, 1.807) is 0 Å². The number of benzene rings is 1. The molecule has 4 heteroatoms. The van der Waals surface area contributed by atoms with Crippen LogP contribution in [-0.4, -0.2) is 25.2 Å². The average molecular weight is 423 g/mol. The standard InChI is InChI=1S/C14H20BrIN2/c1-3-14(4-2)10-18(8-7-17-14)13-6-5-11(16)9-12(13)15/h5-6,9,17H,3-4,7-8,10H2,1-2H3. The largest absolute Gasteiger partial charge is 0.367 e. The molecule has 0 spiro atoms. The fourth-order valence-corrected chi connectivity index (χ4v) is 4.17. The molecular formula is C14H20BrIN2. The molecule has 0 aromatic heterocycles. The highest BCUT2D eigenvalue weighted by Gasteiger charge is 2.32. The van der Waals surface area contributed by atoms with Crippen molar-refractivity contribution in [2.45, 2.75) is 32.2 Å². The molecule has 1 heterocycles. The second-order valence-corrected chi connectivity index (χ2v) is 7.03. The number of piperazine rings is 1. The van der Waals surface area contributed by atoms with Gasteiger partial charge in [-0.25, -0.2) is 0 Å². The second-order valence-electron chi connectivity index (χ2n) is 4.93. The SMILES string of the molecule is CCC1(CC)CN(c2ccc(I)cc2Br)CCN1. The molecule has 1 aromatic rings. The quantitative estimate of drug-likeness (QED) is 0.740. The summed E-state index contributed by atoms with van der Waals surface area (Å²) in [5, 5.41) is 3.70. The van der Waals surface area contributed by atoms with Crippen LogP contribution in [0.4, 0.5) is 5.69 Å². The highest BCUT2D eigenvalue weighted by molar-refractivity contribution is 14.1. The minimum absolute atomic E-state index is 0.278. The minimum Gasteiger partial charge on any atom is -0.367 e. The molecule has 1 saturated heterocycles. The Bertz CT molecular complexity index is 418. The predicted molar refractivity (Wildman–Crippen MR) is 90.4 cm³/mol. The van der Waals surface area contributed by atoms with Gasteiger partial charge in [-0.3, -0.25) is 0 Å². The Labute approximate surface area is 132 Å². The molecule has 1 N–H and O–H groups in total. The minimum atomic E-state index is 0.278. The van der Waals surface area contributed by atoms with Crippen molar-refractivity contribution in [1.82, 2.24) is 5.32 Å². The van der Waals surface area contributed by atoms with Crippen LogP contribution in [0.5, 0.6) is 0 Å². The van der Waals surface area contributed by atoms with Gasteiger partial charge in [-0.1, -0.05) is 13.8 Å². The molecule has 1 aromatic carbocycles. The molecule has 100 valence electrons. The van der Waals surface area contributed by atoms with Gasteiger partial charge in [0.05, 0.1) is 5.69 Å². The number of hydrogen-bond acceptors (Lipinski definition) is 2. The predicted octanol–water partition coefficient (Wildman–Crippen LogP) is 4.02. The van der Waals surface area contributed by atoms with E-state index in [2.05, 4.69) is 80.8 Å². The van der Waals surface area contributed by atoms with Crippen LogP contribution in [-0.2, 0) is 0 Å². The molecular weight excluding hydrogens is 403 g/mol. The number of rotatable bonds is 3. The maximum absolute atomic E-state index is 3.70. The zero-order chi connectivity index (χ0) is 13.2. The van der Waals surface area contributed by atoms with Gasteiger partial charge in [-0.15, -0.1) is 0 Å². The van der Waals surface area contributed by atoms with Crippen LogP contribution in [0.15, 0.2) is 22.7 Å². The van der Waals surface area contributed by atoms with Gasteiger partial charge in [-0.2, -0.15) is 0 Å². The molecule has 0 radical (unpaired) electrons. The summed E-state index contributed by atoms with van der Waals surface area (Å²) < 4.78 is 2.48. The van der Waals surface area contributed by atoms with Gasteiger partial charge in [0.1, 0.15) is 0 Å². The van der Waals surface area contributed by atoms with E-state index >= 15 is 0 Å². The lowest BCUT2D eigenvalue weighted by atomic mass is 9.90. The van der Waals surface area contributed by atoms with E-state index in [4.69, 9.17) is 0 Å². The van der Waals surface area contributed by atoms with Crippen molar-refractivity contribution in [3.8, 4) is 0 Å². The van der Waals surface area contributed by atoms with Crippen molar-refractivity contribution in [2.75, 3.05) is 24.5 Å². The first-order valence-electron chi connectivity index (χ1n) is 6.55. The topological polar surface area (TPSA) is 15.3 Å². The van der Waals surface area contributed by atoms with Crippen LogP contribution in [0.25, 0.3) is 0 Å². The lowest BCUT2D eigenvalue weighted by Gasteiger charge is -2.44. The van der Waals surface area contributed by atoms with E-state index in [-0.39, 0.29) is 5.54 Å². The molecule has 0 saturated carbocycles. The Hall–Kier alpha value is 0.190. The fraction of sp³-hybridized carbons (Fsp3) is 0.571. The molecule has 0 amide bonds. The molecule has 1 fully saturated rings. The summed E-state index contributed by atoms with van der Waals surface area (Å²) in [5.41, 5.74) is 1.60. The number of halogens is 2. The number of anilines is 1. The number of nitrogens with one attached hydrogen (secondary N) is 1. The molecule has 18 heavy (non-hydrogen) atoms. The highest BCUT2D eigenvalue weighted by Crippen LogP contribution is 2.31. The summed E-state index contributed by atoms with van der Waals surface area (Å²) in [4.78, 5) is 2.50. The Morgan fingerprint density at radius 2 is 2.11 bits per heavy atom. The Kier molecular flexibility index (Phi) is 4.94. The van der Waals surface area contributed by atoms with Crippen molar-refractivity contribution < 1.29 is 0 Å². The summed E-state index contributed by atoms with van der Waals surface area (Å²) in [6.07, 6.45) is 2.37. The molecule has 0 atom stereocenters. The van der Waals surface area contributed by atoms with Crippen LogP contribution < -0.4 is 10.2 Å². The third-order valence-electron chi connectivity index (χ3n) is 3.98. The van der Waals surface area contributed by atoms with E-state index in [0.29, 0.717) is 0 Å². The summed E-state index contributed by atoms with van der Waals surface area (Å²) in [7, 11) is 0. The third-order valence-corrected chi connectivity index (χ3v) is 5.29. The van der Waals surface area contributed by atoms with Crippen LogP contribution in [0, 0.1) is 3.57 Å². The van der Waals surface area contributed by atoms with Gasteiger partial charge in [0, 0.05) is 33.2 Å². The zero-order valence-corrected chi connectivity index (χ0v) is 14.7. The maximum atomic E-state index is 3.70. The molecule has 0 unspecified atom stereocenters. The summed E-state index contributed by atoms with van der Waals surface area (Å²) in [5.74, 6) is 0. The zero-order valence-electron chi connectivity index (χ0n) is 11.0. The molecule has 0 aliphatic carbocycles. The van der Waals surface area contributed by atoms with Crippen LogP contribution in [0.1, 0.15) is 26.7 Å². The fourth-order valence-electron chi connectivity index (χ4n) is 2.62. The van der Waals surface area contributed by atoms with Crippen LogP contribution in [0.2, 0.25) is 0 Å². The van der Waals surface area contributed by atoms with Crippen LogP contribution >= 0.6 is 38.5 Å². The van der Waals surface area contributed by atoms with E-state index in [1.165, 1.54) is 26.6 Å². The van der Waals surface area contributed by atoms with Gasteiger partial charge in [0.15, 0.2) is 0 Å². The lowest BCUT2D eigenvalue weighted by Crippen LogP contribution is -2.60. The van der Waals surface area contributed by atoms with Gasteiger partial charge in [-0.05, 0) is 69.6 Å². The second kappa shape index (κ2) is 6.09. The van der Waals surface area contributed by atoms with E-state index in [1.807, 2.05) is 0 Å². The molecule has 1 aliphatic heterocycles. The first-order chi connectivity index (χ1) is 8.60. The van der Waals surface area contributed by atoms with E-state index in [0.717, 1.165) is 19.6 Å². The van der Waals surface area contributed by atoms with Gasteiger partial charge in [0.2, 0.25) is 0 Å².